The lowest BCUT2D eigenvalue weighted by Gasteiger charge is -2.30. The molecule has 2 aliphatic rings. The lowest BCUT2D eigenvalue weighted by Crippen LogP contribution is -2.51. The highest BCUT2D eigenvalue weighted by atomic mass is 16.2. The van der Waals surface area contributed by atoms with Gasteiger partial charge in [-0.2, -0.15) is 0 Å². The Hall–Kier alpha value is -1.85. The molecule has 0 spiro atoms. The molecule has 0 aromatic rings. The fourth-order valence-electron chi connectivity index (χ4n) is 5.17. The monoisotopic (exact) mass is 433 g/mol. The number of likely N-dealkylation sites (tertiary alicyclic amines) is 1. The molecule has 2 unspecified atom stereocenters. The van der Waals surface area contributed by atoms with Crippen molar-refractivity contribution in [1.29, 1.82) is 0 Å². The first kappa shape index (κ1) is 25.4. The molecule has 0 aromatic heterocycles. The van der Waals surface area contributed by atoms with Gasteiger partial charge in [-0.15, -0.1) is 6.58 Å². The third-order valence-electron chi connectivity index (χ3n) is 6.96. The largest absolute Gasteiger partial charge is 0.369 e. The van der Waals surface area contributed by atoms with E-state index in [0.717, 1.165) is 38.3 Å². The molecule has 3 amide bonds. The number of carbonyl (C=O) groups is 3. The number of amides is 3. The Morgan fingerprint density at radius 2 is 1.81 bits per heavy atom. The van der Waals surface area contributed by atoms with Crippen molar-refractivity contribution in [2.24, 2.45) is 29.4 Å². The van der Waals surface area contributed by atoms with Crippen molar-refractivity contribution in [3.05, 3.63) is 12.7 Å². The summed E-state index contributed by atoms with van der Waals surface area (Å²) in [5.74, 6) is -0.855. The number of hydrogen-bond donors (Lipinski definition) is 2. The fourth-order valence-corrected chi connectivity index (χ4v) is 5.17. The standard InChI is InChI=1S/C25H43N3O3/c1-4-10-20(23(26)29)21(17-18(2)3)24(30)27-22-13-8-9-15-28(25(22)31)16-14-19-11-6-5-7-12-19/h4,18-22H,1,5-17H2,2-3H3,(H2,26,29)(H,27,30)/t20?,21?,22-/m0/s1. The summed E-state index contributed by atoms with van der Waals surface area (Å²) < 4.78 is 0. The quantitative estimate of drug-likeness (QED) is 0.486. The van der Waals surface area contributed by atoms with E-state index in [1.807, 2.05) is 18.7 Å². The van der Waals surface area contributed by atoms with E-state index < -0.39 is 23.8 Å². The van der Waals surface area contributed by atoms with E-state index in [4.69, 9.17) is 5.73 Å². The van der Waals surface area contributed by atoms with Crippen LogP contribution in [0.5, 0.6) is 0 Å². The van der Waals surface area contributed by atoms with Crippen molar-refractivity contribution < 1.29 is 14.4 Å². The molecule has 2 rings (SSSR count). The number of allylic oxidation sites excluding steroid dienone is 1. The summed E-state index contributed by atoms with van der Waals surface area (Å²) in [5, 5.41) is 3.00. The van der Waals surface area contributed by atoms with Gasteiger partial charge in [0, 0.05) is 13.1 Å². The first-order chi connectivity index (χ1) is 14.8. The highest BCUT2D eigenvalue weighted by Gasteiger charge is 2.35. The second kappa shape index (κ2) is 12.9. The van der Waals surface area contributed by atoms with E-state index in [1.54, 1.807) is 6.08 Å². The summed E-state index contributed by atoms with van der Waals surface area (Å²) in [5.41, 5.74) is 5.61. The number of carbonyl (C=O) groups excluding carboxylic acids is 3. The molecule has 3 atom stereocenters. The van der Waals surface area contributed by atoms with Crippen molar-refractivity contribution in [3.8, 4) is 0 Å². The van der Waals surface area contributed by atoms with Gasteiger partial charge in [-0.05, 0) is 50.4 Å². The molecule has 2 fully saturated rings. The summed E-state index contributed by atoms with van der Waals surface area (Å²) in [6.07, 6.45) is 12.7. The summed E-state index contributed by atoms with van der Waals surface area (Å²) in [6.45, 7) is 9.32. The van der Waals surface area contributed by atoms with Gasteiger partial charge in [0.05, 0.1) is 11.8 Å². The highest BCUT2D eigenvalue weighted by Crippen LogP contribution is 2.28. The van der Waals surface area contributed by atoms with Crippen LogP contribution in [0.4, 0.5) is 0 Å². The molecule has 6 nitrogen and oxygen atoms in total. The molecule has 1 aliphatic carbocycles. The number of nitrogens with one attached hydrogen (secondary N) is 1. The van der Waals surface area contributed by atoms with Crippen LogP contribution < -0.4 is 11.1 Å². The van der Waals surface area contributed by atoms with E-state index in [0.29, 0.717) is 19.3 Å². The molecule has 1 aliphatic heterocycles. The van der Waals surface area contributed by atoms with Gasteiger partial charge in [-0.3, -0.25) is 14.4 Å². The third-order valence-corrected chi connectivity index (χ3v) is 6.96. The van der Waals surface area contributed by atoms with E-state index in [2.05, 4.69) is 11.9 Å². The summed E-state index contributed by atoms with van der Waals surface area (Å²) in [6, 6.07) is -0.506. The van der Waals surface area contributed by atoms with Crippen molar-refractivity contribution >= 4 is 17.7 Å². The molecular weight excluding hydrogens is 390 g/mol. The third kappa shape index (κ3) is 7.97. The second-order valence-electron chi connectivity index (χ2n) is 9.94. The maximum atomic E-state index is 13.2. The smallest absolute Gasteiger partial charge is 0.245 e. The highest BCUT2D eigenvalue weighted by molar-refractivity contribution is 5.91. The second-order valence-corrected chi connectivity index (χ2v) is 9.94. The Morgan fingerprint density at radius 3 is 2.42 bits per heavy atom. The van der Waals surface area contributed by atoms with Gasteiger partial charge in [0.15, 0.2) is 0 Å². The van der Waals surface area contributed by atoms with Crippen molar-refractivity contribution in [2.45, 2.75) is 90.5 Å². The predicted molar refractivity (Wildman–Crippen MR) is 124 cm³/mol. The topological polar surface area (TPSA) is 92.5 Å². The maximum Gasteiger partial charge on any atom is 0.245 e. The molecule has 0 aromatic carbocycles. The Balaban J connectivity index is 2.03. The SMILES string of the molecule is C=CCC(C(N)=O)C(CC(C)C)C(=O)N[C@H]1CCCCN(CCC2CCCCC2)C1=O. The molecular formula is C25H43N3O3. The normalized spacial score (nSPS) is 22.6. The Bertz CT molecular complexity index is 613. The lowest BCUT2D eigenvalue weighted by molar-refractivity contribution is -0.139. The zero-order valence-electron chi connectivity index (χ0n) is 19.6. The number of nitrogens with zero attached hydrogens (tertiary/aromatic N) is 1. The van der Waals surface area contributed by atoms with Gasteiger partial charge in [-0.1, -0.05) is 52.0 Å². The van der Waals surface area contributed by atoms with Gasteiger partial charge in [0.2, 0.25) is 17.7 Å². The average molecular weight is 434 g/mol. The molecule has 0 radical (unpaired) electrons. The van der Waals surface area contributed by atoms with E-state index in [9.17, 15) is 14.4 Å². The van der Waals surface area contributed by atoms with E-state index in [-0.39, 0.29) is 17.7 Å². The van der Waals surface area contributed by atoms with E-state index in [1.165, 1.54) is 32.1 Å². The molecule has 1 saturated heterocycles. The van der Waals surface area contributed by atoms with Gasteiger partial charge in [-0.25, -0.2) is 0 Å². The number of nitrogens with two attached hydrogens (primary N) is 1. The molecule has 1 saturated carbocycles. The van der Waals surface area contributed by atoms with Crippen LogP contribution in [0.25, 0.3) is 0 Å². The molecule has 1 heterocycles. The van der Waals surface area contributed by atoms with Gasteiger partial charge in [0.1, 0.15) is 6.04 Å². The summed E-state index contributed by atoms with van der Waals surface area (Å²) >= 11 is 0. The van der Waals surface area contributed by atoms with Crippen LogP contribution in [-0.2, 0) is 14.4 Å². The average Bonchev–Trinajstić information content (AvgIpc) is 2.91. The fraction of sp³-hybridized carbons (Fsp3) is 0.800. The van der Waals surface area contributed by atoms with Crippen LogP contribution in [0, 0.1) is 23.7 Å². The van der Waals surface area contributed by atoms with Crippen LogP contribution in [0.1, 0.15) is 84.5 Å². The van der Waals surface area contributed by atoms with Crippen molar-refractivity contribution in [1.82, 2.24) is 10.2 Å². The van der Waals surface area contributed by atoms with Gasteiger partial charge in [0.25, 0.3) is 0 Å². The lowest BCUT2D eigenvalue weighted by atomic mass is 9.82. The molecule has 3 N–H and O–H groups in total. The molecule has 176 valence electrons. The molecule has 31 heavy (non-hydrogen) atoms. The van der Waals surface area contributed by atoms with Gasteiger partial charge >= 0.3 is 0 Å². The van der Waals surface area contributed by atoms with E-state index >= 15 is 0 Å². The zero-order valence-corrected chi connectivity index (χ0v) is 19.6. The van der Waals surface area contributed by atoms with Crippen LogP contribution in [0.3, 0.4) is 0 Å². The minimum Gasteiger partial charge on any atom is -0.369 e. The van der Waals surface area contributed by atoms with Gasteiger partial charge < -0.3 is 16.0 Å². The van der Waals surface area contributed by atoms with Crippen LogP contribution in [0.2, 0.25) is 0 Å². The predicted octanol–water partition coefficient (Wildman–Crippen LogP) is 3.79. The zero-order chi connectivity index (χ0) is 22.8. The first-order valence-electron chi connectivity index (χ1n) is 12.3. The number of rotatable bonds is 11. The van der Waals surface area contributed by atoms with Crippen LogP contribution in [-0.4, -0.2) is 41.8 Å². The van der Waals surface area contributed by atoms with Crippen molar-refractivity contribution in [2.75, 3.05) is 13.1 Å². The number of hydrogen-bond acceptors (Lipinski definition) is 3. The maximum absolute atomic E-state index is 13.2. The summed E-state index contributed by atoms with van der Waals surface area (Å²) in [7, 11) is 0. The molecule has 0 bridgehead atoms. The Labute approximate surface area is 188 Å². The Kier molecular flexibility index (Phi) is 10.6. The summed E-state index contributed by atoms with van der Waals surface area (Å²) in [4.78, 5) is 40.4. The minimum absolute atomic E-state index is 0.0318. The van der Waals surface area contributed by atoms with Crippen molar-refractivity contribution in [3.63, 3.8) is 0 Å². The minimum atomic E-state index is -0.594. The van der Waals surface area contributed by atoms with Crippen LogP contribution >= 0.6 is 0 Å². The molecule has 6 heteroatoms. The first-order valence-corrected chi connectivity index (χ1v) is 12.3. The Morgan fingerprint density at radius 1 is 1.13 bits per heavy atom. The van der Waals surface area contributed by atoms with Crippen LogP contribution in [0.15, 0.2) is 12.7 Å². The number of primary amides is 1.